The van der Waals surface area contributed by atoms with Gasteiger partial charge in [-0.15, -0.1) is 4.68 Å². The van der Waals surface area contributed by atoms with Gasteiger partial charge in [0.1, 0.15) is 6.33 Å². The Labute approximate surface area is 92.1 Å². The molecule has 0 saturated heterocycles. The molecule has 0 aliphatic heterocycles. The predicted molar refractivity (Wildman–Crippen MR) is 53.5 cm³/mol. The normalized spacial score (nSPS) is 10.2. The monoisotopic (exact) mass is 269 g/mol. The molecule has 2 aromatic rings. The van der Waals surface area contributed by atoms with Crippen LogP contribution in [-0.2, 0) is 0 Å². The topological polar surface area (TPSA) is 86.7 Å². The van der Waals surface area contributed by atoms with Crippen LogP contribution in [0.2, 0.25) is 0 Å². The third kappa shape index (κ3) is 1.84. The lowest BCUT2D eigenvalue weighted by Gasteiger charge is -1.96. The molecule has 7 nitrogen and oxygen atoms in total. The molecule has 0 radical (unpaired) electrons. The standard InChI is InChI=1S/C7H4BrN5O2/c8-5-3-9-4-10-7(5)12-2-1-6(11-12)13(14)15/h1-4H. The Morgan fingerprint density at radius 2 is 2.33 bits per heavy atom. The van der Waals surface area contributed by atoms with Gasteiger partial charge in [0, 0.05) is 6.20 Å². The quantitative estimate of drug-likeness (QED) is 0.606. The average Bonchev–Trinajstić information content (AvgIpc) is 2.67. The summed E-state index contributed by atoms with van der Waals surface area (Å²) >= 11 is 3.22. The zero-order valence-electron chi connectivity index (χ0n) is 7.24. The number of hydrogen-bond acceptors (Lipinski definition) is 5. The minimum Gasteiger partial charge on any atom is -0.358 e. The van der Waals surface area contributed by atoms with Gasteiger partial charge in [-0.1, -0.05) is 0 Å². The zero-order valence-corrected chi connectivity index (χ0v) is 8.83. The van der Waals surface area contributed by atoms with Gasteiger partial charge in [-0.05, 0) is 20.9 Å². The van der Waals surface area contributed by atoms with Gasteiger partial charge in [-0.3, -0.25) is 0 Å². The van der Waals surface area contributed by atoms with Gasteiger partial charge in [0.05, 0.1) is 21.8 Å². The van der Waals surface area contributed by atoms with Gasteiger partial charge in [0.2, 0.25) is 0 Å². The highest BCUT2D eigenvalue weighted by Gasteiger charge is 2.14. The second-order valence-corrected chi connectivity index (χ2v) is 3.42. The van der Waals surface area contributed by atoms with E-state index in [1.54, 1.807) is 0 Å². The first-order valence-corrected chi connectivity index (χ1v) is 4.64. The molecule has 0 N–H and O–H groups in total. The molecule has 15 heavy (non-hydrogen) atoms. The fourth-order valence-electron chi connectivity index (χ4n) is 1.00. The van der Waals surface area contributed by atoms with Gasteiger partial charge < -0.3 is 10.1 Å². The molecule has 0 fully saturated rings. The van der Waals surface area contributed by atoms with Gasteiger partial charge in [-0.25, -0.2) is 9.97 Å². The Bertz CT molecular complexity index is 512. The van der Waals surface area contributed by atoms with E-state index in [1.807, 2.05) is 0 Å². The van der Waals surface area contributed by atoms with E-state index < -0.39 is 4.92 Å². The molecule has 8 heteroatoms. The number of nitro groups is 1. The molecule has 2 heterocycles. The summed E-state index contributed by atoms with van der Waals surface area (Å²) in [6.07, 6.45) is 4.34. The first-order valence-electron chi connectivity index (χ1n) is 3.84. The fraction of sp³-hybridized carbons (Fsp3) is 0. The minimum absolute atomic E-state index is 0.222. The predicted octanol–water partition coefficient (Wildman–Crippen LogP) is 1.33. The van der Waals surface area contributed by atoms with Crippen LogP contribution in [0.3, 0.4) is 0 Å². The van der Waals surface area contributed by atoms with E-state index in [-0.39, 0.29) is 5.82 Å². The van der Waals surface area contributed by atoms with Crippen LogP contribution < -0.4 is 0 Å². The van der Waals surface area contributed by atoms with E-state index in [4.69, 9.17) is 0 Å². The zero-order chi connectivity index (χ0) is 10.8. The van der Waals surface area contributed by atoms with Crippen molar-refractivity contribution in [2.75, 3.05) is 0 Å². The molecule has 2 aromatic heterocycles. The molecule has 0 aromatic carbocycles. The van der Waals surface area contributed by atoms with Crippen LogP contribution in [0.4, 0.5) is 5.82 Å². The summed E-state index contributed by atoms with van der Waals surface area (Å²) in [6, 6.07) is 1.30. The molecule has 0 amide bonds. The van der Waals surface area contributed by atoms with Gasteiger partial charge in [-0.2, -0.15) is 0 Å². The Morgan fingerprint density at radius 3 is 2.93 bits per heavy atom. The number of nitrogens with zero attached hydrogens (tertiary/aromatic N) is 5. The summed E-state index contributed by atoms with van der Waals surface area (Å²) in [5, 5.41) is 14.2. The summed E-state index contributed by atoms with van der Waals surface area (Å²) < 4.78 is 1.92. The van der Waals surface area contributed by atoms with Crippen LogP contribution in [0.25, 0.3) is 5.82 Å². The molecule has 0 bridgehead atoms. The highest BCUT2D eigenvalue weighted by atomic mass is 79.9. The summed E-state index contributed by atoms with van der Waals surface area (Å²) in [4.78, 5) is 17.6. The Morgan fingerprint density at radius 1 is 1.53 bits per heavy atom. The van der Waals surface area contributed by atoms with Crippen LogP contribution in [0.15, 0.2) is 29.3 Å². The third-order valence-corrected chi connectivity index (χ3v) is 2.19. The van der Waals surface area contributed by atoms with E-state index in [0.717, 1.165) is 0 Å². The van der Waals surface area contributed by atoms with Gasteiger partial charge in [0.15, 0.2) is 5.82 Å². The van der Waals surface area contributed by atoms with Crippen molar-refractivity contribution in [3.05, 3.63) is 39.4 Å². The Hall–Kier alpha value is -1.83. The first-order chi connectivity index (χ1) is 7.18. The molecule has 0 atom stereocenters. The molecule has 76 valence electrons. The first kappa shape index (κ1) is 9.71. The SMILES string of the molecule is O=[N+]([O-])c1ccn(-c2ncncc2Br)n1. The highest BCUT2D eigenvalue weighted by Crippen LogP contribution is 2.17. The number of hydrogen-bond donors (Lipinski definition) is 0. The molecule has 2 rings (SSSR count). The van der Waals surface area contributed by atoms with Crippen molar-refractivity contribution in [1.82, 2.24) is 19.7 Å². The minimum atomic E-state index is -0.564. The van der Waals surface area contributed by atoms with E-state index in [0.29, 0.717) is 10.3 Å². The van der Waals surface area contributed by atoms with E-state index in [2.05, 4.69) is 31.0 Å². The Kier molecular flexibility index (Phi) is 2.42. The van der Waals surface area contributed by atoms with Crippen LogP contribution in [-0.4, -0.2) is 24.7 Å². The summed E-state index contributed by atoms with van der Waals surface area (Å²) in [5.74, 6) is 0.235. The Balaban J connectivity index is 2.46. The van der Waals surface area contributed by atoms with Crippen LogP contribution in [0, 0.1) is 10.1 Å². The van der Waals surface area contributed by atoms with Crippen LogP contribution >= 0.6 is 15.9 Å². The summed E-state index contributed by atoms with van der Waals surface area (Å²) in [7, 11) is 0. The van der Waals surface area contributed by atoms with Crippen molar-refractivity contribution in [3.8, 4) is 5.82 Å². The number of rotatable bonds is 2. The highest BCUT2D eigenvalue weighted by molar-refractivity contribution is 9.10. The van der Waals surface area contributed by atoms with Crippen molar-refractivity contribution in [3.63, 3.8) is 0 Å². The van der Waals surface area contributed by atoms with Crippen molar-refractivity contribution in [2.45, 2.75) is 0 Å². The largest absolute Gasteiger partial charge is 0.390 e. The molecule has 0 saturated carbocycles. The van der Waals surface area contributed by atoms with Crippen LogP contribution in [0.5, 0.6) is 0 Å². The lowest BCUT2D eigenvalue weighted by molar-refractivity contribution is -0.389. The molecule has 0 unspecified atom stereocenters. The molecular formula is C7H4BrN5O2. The third-order valence-electron chi connectivity index (χ3n) is 1.63. The van der Waals surface area contributed by atoms with Gasteiger partial charge in [0.25, 0.3) is 0 Å². The lowest BCUT2D eigenvalue weighted by Crippen LogP contribution is -2.00. The number of halogens is 1. The van der Waals surface area contributed by atoms with E-state index in [1.165, 1.54) is 29.5 Å². The summed E-state index contributed by atoms with van der Waals surface area (Å²) in [5.41, 5.74) is 0. The molecular weight excluding hydrogens is 266 g/mol. The fourth-order valence-corrected chi connectivity index (χ4v) is 1.41. The maximum atomic E-state index is 10.4. The maximum Gasteiger partial charge on any atom is 0.390 e. The van der Waals surface area contributed by atoms with Gasteiger partial charge >= 0.3 is 5.82 Å². The van der Waals surface area contributed by atoms with Crippen molar-refractivity contribution >= 4 is 21.7 Å². The number of aromatic nitrogens is 4. The van der Waals surface area contributed by atoms with Crippen molar-refractivity contribution < 1.29 is 4.92 Å². The van der Waals surface area contributed by atoms with E-state index in [9.17, 15) is 10.1 Å². The van der Waals surface area contributed by atoms with Crippen LogP contribution in [0.1, 0.15) is 0 Å². The van der Waals surface area contributed by atoms with Crippen molar-refractivity contribution in [2.24, 2.45) is 0 Å². The molecule has 0 aliphatic carbocycles. The molecule has 0 aliphatic rings. The summed E-state index contributed by atoms with van der Waals surface area (Å²) in [6.45, 7) is 0. The van der Waals surface area contributed by atoms with E-state index >= 15 is 0 Å². The second kappa shape index (κ2) is 3.73. The van der Waals surface area contributed by atoms with Crippen molar-refractivity contribution in [1.29, 1.82) is 0 Å². The average molecular weight is 270 g/mol. The second-order valence-electron chi connectivity index (χ2n) is 2.57. The molecule has 0 spiro atoms. The maximum absolute atomic E-state index is 10.4. The smallest absolute Gasteiger partial charge is 0.358 e. The lowest BCUT2D eigenvalue weighted by atomic mass is 10.6.